The molecule has 1 atom stereocenters. The Morgan fingerprint density at radius 1 is 1.15 bits per heavy atom. The zero-order chi connectivity index (χ0) is 19.2. The zero-order valence-corrected chi connectivity index (χ0v) is 16.2. The molecule has 1 unspecified atom stereocenters. The maximum absolute atomic E-state index is 10.5. The molecule has 0 aliphatic carbocycles. The van der Waals surface area contributed by atoms with Crippen LogP contribution in [0.15, 0.2) is 48.5 Å². The first-order chi connectivity index (χ1) is 13.1. The normalized spacial score (nSPS) is 11.7. The van der Waals surface area contributed by atoms with E-state index in [1.165, 1.54) is 5.56 Å². The number of ether oxygens (including phenoxy) is 1. The highest BCUT2D eigenvalue weighted by Crippen LogP contribution is 2.30. The number of benzene rings is 2. The fourth-order valence-corrected chi connectivity index (χ4v) is 3.52. The molecule has 3 aromatic rings. The molecule has 0 saturated carbocycles. The molecule has 3 N–H and O–H groups in total. The molecule has 0 saturated heterocycles. The first kappa shape index (κ1) is 19.5. The fraction of sp³-hybridized carbons (Fsp3) is 0.300. The van der Waals surface area contributed by atoms with E-state index in [1.54, 1.807) is 0 Å². The van der Waals surface area contributed by atoms with Crippen LogP contribution in [-0.4, -0.2) is 22.7 Å². The molecular weight excluding hydrogens is 363 g/mol. The molecule has 27 heavy (non-hydrogen) atoms. The Labute approximate surface area is 159 Å². The van der Waals surface area contributed by atoms with Gasteiger partial charge in [-0.2, -0.15) is 0 Å². The van der Waals surface area contributed by atoms with Crippen LogP contribution < -0.4 is 10.5 Å². The van der Waals surface area contributed by atoms with E-state index < -0.39 is 8.25 Å². The lowest BCUT2D eigenvalue weighted by atomic mass is 10.1. The molecule has 3 rings (SSSR count). The van der Waals surface area contributed by atoms with Gasteiger partial charge in [0.05, 0.1) is 13.2 Å². The second kappa shape index (κ2) is 9.11. The van der Waals surface area contributed by atoms with E-state index in [0.29, 0.717) is 19.6 Å². The minimum absolute atomic E-state index is 0.189. The quantitative estimate of drug-likeness (QED) is 0.430. The summed E-state index contributed by atoms with van der Waals surface area (Å²) < 4.78 is 23.1. The lowest BCUT2D eigenvalue weighted by molar-refractivity contribution is 0.236. The summed E-state index contributed by atoms with van der Waals surface area (Å²) in [5, 5.41) is 1.10. The monoisotopic (exact) mass is 387 g/mol. The van der Waals surface area contributed by atoms with Crippen molar-refractivity contribution in [3.05, 3.63) is 65.4 Å². The topological polar surface area (TPSA) is 86.7 Å². The predicted molar refractivity (Wildman–Crippen MR) is 106 cm³/mol. The second-order valence-electron chi connectivity index (χ2n) is 6.29. The van der Waals surface area contributed by atoms with E-state index >= 15 is 0 Å². The molecule has 0 aliphatic rings. The third kappa shape index (κ3) is 4.73. The maximum atomic E-state index is 10.5. The van der Waals surface area contributed by atoms with Crippen molar-refractivity contribution in [3.63, 3.8) is 0 Å². The van der Waals surface area contributed by atoms with Crippen LogP contribution in [0.25, 0.3) is 10.9 Å². The van der Waals surface area contributed by atoms with Crippen LogP contribution in [-0.2, 0) is 22.2 Å². The lowest BCUT2D eigenvalue weighted by Gasteiger charge is -2.10. The molecule has 0 spiro atoms. The van der Waals surface area contributed by atoms with Crippen LogP contribution in [0.2, 0.25) is 0 Å². The molecule has 7 heteroatoms. The molecule has 143 valence electrons. The lowest BCUT2D eigenvalue weighted by Crippen LogP contribution is -2.04. The minimum atomic E-state index is -2.55. The number of aromatic nitrogens is 1. The van der Waals surface area contributed by atoms with E-state index in [2.05, 4.69) is 34.2 Å². The molecular formula is C20H24N2O4P. The van der Waals surface area contributed by atoms with Gasteiger partial charge in [0.15, 0.2) is 0 Å². The van der Waals surface area contributed by atoms with Crippen LogP contribution in [0.5, 0.6) is 5.75 Å². The number of hydrogen-bond donors (Lipinski definition) is 2. The standard InChI is InChI=1S/C20H24N2O4P/c1-15-19(13-21)18-12-17(25-10-5-11-26-27(23)24)8-9-20(18)22(15)14-16-6-3-2-4-7-16/h2-4,6-9,12H,5,10-11,13-14,21H2,1H3,(H,23,24). The van der Waals surface area contributed by atoms with Crippen molar-refractivity contribution in [3.8, 4) is 5.75 Å². The molecule has 1 aromatic heterocycles. The molecule has 0 bridgehead atoms. The van der Waals surface area contributed by atoms with E-state index in [9.17, 15) is 4.57 Å². The molecule has 1 radical (unpaired) electrons. The Kier molecular flexibility index (Phi) is 6.58. The summed E-state index contributed by atoms with van der Waals surface area (Å²) >= 11 is 0. The van der Waals surface area contributed by atoms with Crippen molar-refractivity contribution >= 4 is 19.2 Å². The predicted octanol–water partition coefficient (Wildman–Crippen LogP) is 3.89. The summed E-state index contributed by atoms with van der Waals surface area (Å²) in [7, 11) is -2.55. The zero-order valence-electron chi connectivity index (χ0n) is 15.3. The Balaban J connectivity index is 1.80. The summed E-state index contributed by atoms with van der Waals surface area (Å²) in [4.78, 5) is 8.61. The molecule has 0 amide bonds. The number of nitrogens with two attached hydrogens (primary N) is 1. The summed E-state index contributed by atoms with van der Waals surface area (Å²) in [6, 6.07) is 16.4. The van der Waals surface area contributed by atoms with Gasteiger partial charge in [-0.15, -0.1) is 0 Å². The third-order valence-corrected chi connectivity index (χ3v) is 4.98. The molecule has 0 aliphatic heterocycles. The fourth-order valence-electron chi connectivity index (χ4n) is 3.24. The van der Waals surface area contributed by atoms with Crippen LogP contribution >= 0.6 is 8.25 Å². The van der Waals surface area contributed by atoms with E-state index in [4.69, 9.17) is 15.4 Å². The smallest absolute Gasteiger partial charge is 0.366 e. The Bertz CT molecular complexity index is 925. The summed E-state index contributed by atoms with van der Waals surface area (Å²) in [6.45, 7) is 3.95. The highest BCUT2D eigenvalue weighted by Gasteiger charge is 2.14. The summed E-state index contributed by atoms with van der Waals surface area (Å²) in [5.74, 6) is 0.752. The number of nitrogens with zero attached hydrogens (tertiary/aromatic N) is 1. The van der Waals surface area contributed by atoms with Gasteiger partial charge in [0.2, 0.25) is 0 Å². The summed E-state index contributed by atoms with van der Waals surface area (Å²) in [5.41, 5.74) is 10.7. The van der Waals surface area contributed by atoms with Gasteiger partial charge in [-0.05, 0) is 36.2 Å². The number of hydrogen-bond acceptors (Lipinski definition) is 4. The van der Waals surface area contributed by atoms with Gasteiger partial charge in [-0.1, -0.05) is 30.3 Å². The third-order valence-electron chi connectivity index (χ3n) is 4.57. The van der Waals surface area contributed by atoms with E-state index in [-0.39, 0.29) is 6.61 Å². The highest BCUT2D eigenvalue weighted by atomic mass is 31.1. The first-order valence-electron chi connectivity index (χ1n) is 8.87. The van der Waals surface area contributed by atoms with Gasteiger partial charge in [-0.25, -0.2) is 4.57 Å². The molecule has 6 nitrogen and oxygen atoms in total. The summed E-state index contributed by atoms with van der Waals surface area (Å²) in [6.07, 6.45) is 0.539. The van der Waals surface area contributed by atoms with Gasteiger partial charge in [0, 0.05) is 36.1 Å². The number of rotatable bonds is 9. The van der Waals surface area contributed by atoms with E-state index in [0.717, 1.165) is 34.5 Å². The van der Waals surface area contributed by atoms with Crippen molar-refractivity contribution in [1.29, 1.82) is 0 Å². The average Bonchev–Trinajstić information content (AvgIpc) is 2.92. The Morgan fingerprint density at radius 3 is 2.63 bits per heavy atom. The van der Waals surface area contributed by atoms with Crippen molar-refractivity contribution in [2.75, 3.05) is 13.2 Å². The largest absolute Gasteiger partial charge is 0.493 e. The first-order valence-corrected chi connectivity index (χ1v) is 10.0. The SMILES string of the molecule is Cc1c(CN)c2cc(OCCCO[P](=O)O)ccc2n1Cc1ccccc1. The van der Waals surface area contributed by atoms with E-state index in [1.807, 2.05) is 30.3 Å². The molecule has 0 fully saturated rings. The van der Waals surface area contributed by atoms with Gasteiger partial charge < -0.3 is 15.0 Å². The molecule has 1 heterocycles. The van der Waals surface area contributed by atoms with Gasteiger partial charge >= 0.3 is 8.25 Å². The molecule has 2 aromatic carbocycles. The van der Waals surface area contributed by atoms with Gasteiger partial charge in [0.1, 0.15) is 5.75 Å². The van der Waals surface area contributed by atoms with Crippen LogP contribution in [0.4, 0.5) is 0 Å². The van der Waals surface area contributed by atoms with Crippen molar-refractivity contribution in [2.24, 2.45) is 5.73 Å². The Morgan fingerprint density at radius 2 is 1.93 bits per heavy atom. The van der Waals surface area contributed by atoms with Crippen molar-refractivity contribution in [1.82, 2.24) is 4.57 Å². The van der Waals surface area contributed by atoms with Gasteiger partial charge in [0.25, 0.3) is 0 Å². The number of fused-ring (bicyclic) bond motifs is 1. The minimum Gasteiger partial charge on any atom is -0.493 e. The Hall–Kier alpha value is -2.24. The average molecular weight is 387 g/mol. The second-order valence-corrected chi connectivity index (χ2v) is 7.03. The highest BCUT2D eigenvalue weighted by molar-refractivity contribution is 7.32. The van der Waals surface area contributed by atoms with Gasteiger partial charge in [-0.3, -0.25) is 9.42 Å². The van der Waals surface area contributed by atoms with Crippen molar-refractivity contribution in [2.45, 2.75) is 26.4 Å². The van der Waals surface area contributed by atoms with Crippen LogP contribution in [0, 0.1) is 6.92 Å². The maximum Gasteiger partial charge on any atom is 0.366 e. The van der Waals surface area contributed by atoms with Crippen LogP contribution in [0.1, 0.15) is 23.2 Å². The van der Waals surface area contributed by atoms with Crippen molar-refractivity contribution < 1.29 is 18.7 Å². The van der Waals surface area contributed by atoms with Crippen LogP contribution in [0.3, 0.4) is 0 Å².